The fourth-order valence-corrected chi connectivity index (χ4v) is 8.94. The zero-order chi connectivity index (χ0) is 37.0. The molecule has 0 aliphatic heterocycles. The summed E-state index contributed by atoms with van der Waals surface area (Å²) in [5.74, 6) is 0. The van der Waals surface area contributed by atoms with Crippen LogP contribution in [0.25, 0.3) is 99.5 Å². The number of para-hydroxylation sites is 4. The van der Waals surface area contributed by atoms with Crippen molar-refractivity contribution < 1.29 is 0 Å². The van der Waals surface area contributed by atoms with Crippen LogP contribution in [0, 0.1) is 0 Å². The maximum absolute atomic E-state index is 2.52. The van der Waals surface area contributed by atoms with E-state index in [0.29, 0.717) is 0 Å². The van der Waals surface area contributed by atoms with Gasteiger partial charge in [-0.1, -0.05) is 182 Å². The monoisotopic (exact) mass is 712 g/mol. The lowest BCUT2D eigenvalue weighted by Crippen LogP contribution is -2.02. The van der Waals surface area contributed by atoms with Crippen molar-refractivity contribution in [2.45, 2.75) is 0 Å². The summed E-state index contributed by atoms with van der Waals surface area (Å²) < 4.78 is 4.94. The first-order valence-corrected chi connectivity index (χ1v) is 19.3. The van der Waals surface area contributed by atoms with E-state index in [-0.39, 0.29) is 0 Å². The van der Waals surface area contributed by atoms with Crippen molar-refractivity contribution in [1.29, 1.82) is 0 Å². The van der Waals surface area contributed by atoms with Crippen LogP contribution in [0.3, 0.4) is 0 Å². The quantitative estimate of drug-likeness (QED) is 0.162. The summed E-state index contributed by atoms with van der Waals surface area (Å²) in [4.78, 5) is 0. The zero-order valence-corrected chi connectivity index (χ0v) is 30.7. The Labute approximate surface area is 325 Å². The Bertz CT molecular complexity index is 3080. The molecule has 2 aromatic heterocycles. The van der Waals surface area contributed by atoms with Crippen molar-refractivity contribution >= 4 is 43.6 Å². The predicted octanol–water partition coefficient (Wildman–Crippen LogP) is 14.5. The van der Waals surface area contributed by atoms with Crippen molar-refractivity contribution in [3.05, 3.63) is 218 Å². The summed E-state index contributed by atoms with van der Waals surface area (Å²) in [6.45, 7) is 0. The van der Waals surface area contributed by atoms with Gasteiger partial charge in [-0.2, -0.15) is 0 Å². The molecule has 0 spiro atoms. The van der Waals surface area contributed by atoms with Crippen LogP contribution < -0.4 is 0 Å². The second-order valence-electron chi connectivity index (χ2n) is 14.4. The van der Waals surface area contributed by atoms with Gasteiger partial charge >= 0.3 is 0 Å². The van der Waals surface area contributed by atoms with Crippen LogP contribution in [-0.4, -0.2) is 9.13 Å². The van der Waals surface area contributed by atoms with Crippen LogP contribution in [0.15, 0.2) is 218 Å². The Balaban J connectivity index is 1.25. The molecule has 0 saturated heterocycles. The molecule has 2 heterocycles. The fraction of sp³-hybridized carbons (Fsp3) is 0. The lowest BCUT2D eigenvalue weighted by Gasteiger charge is -2.22. The fourth-order valence-electron chi connectivity index (χ4n) is 8.94. The first-order valence-electron chi connectivity index (χ1n) is 19.3. The third-order valence-corrected chi connectivity index (χ3v) is 11.4. The molecule has 0 atom stereocenters. The molecule has 0 bridgehead atoms. The zero-order valence-electron chi connectivity index (χ0n) is 30.7. The number of benzene rings is 9. The van der Waals surface area contributed by atoms with Crippen LogP contribution >= 0.6 is 0 Å². The Hall–Kier alpha value is -7.42. The van der Waals surface area contributed by atoms with Crippen LogP contribution in [0.2, 0.25) is 0 Å². The number of hydrogen-bond acceptors (Lipinski definition) is 0. The van der Waals surface area contributed by atoms with E-state index in [9.17, 15) is 0 Å². The first-order chi connectivity index (χ1) is 27.8. The van der Waals surface area contributed by atoms with Crippen LogP contribution in [0.1, 0.15) is 0 Å². The van der Waals surface area contributed by atoms with Gasteiger partial charge in [0, 0.05) is 38.4 Å². The third kappa shape index (κ3) is 5.04. The topological polar surface area (TPSA) is 9.86 Å². The van der Waals surface area contributed by atoms with Crippen LogP contribution in [0.5, 0.6) is 0 Å². The molecule has 0 saturated carbocycles. The molecule has 9 aromatic carbocycles. The molecule has 262 valence electrons. The SMILES string of the molecule is c1ccc(-c2ccccc2-c2cccc(-c3ccccc3-c3ccccc3)c2-n2c3ccccc3c3cc(-n4c5ccccc5c5ccccc54)ccc32)cc1. The van der Waals surface area contributed by atoms with E-state index in [1.54, 1.807) is 0 Å². The van der Waals surface area contributed by atoms with Gasteiger partial charge in [-0.3, -0.25) is 0 Å². The average Bonchev–Trinajstić information content (AvgIpc) is 3.79. The summed E-state index contributed by atoms with van der Waals surface area (Å²) >= 11 is 0. The van der Waals surface area contributed by atoms with Crippen molar-refractivity contribution in [1.82, 2.24) is 9.13 Å². The minimum Gasteiger partial charge on any atom is -0.309 e. The number of nitrogens with zero attached hydrogens (tertiary/aromatic N) is 2. The molecule has 0 aliphatic rings. The minimum atomic E-state index is 1.15. The van der Waals surface area contributed by atoms with Gasteiger partial charge in [0.15, 0.2) is 0 Å². The average molecular weight is 713 g/mol. The molecule has 0 amide bonds. The van der Waals surface area contributed by atoms with Crippen molar-refractivity contribution in [2.24, 2.45) is 0 Å². The summed E-state index contributed by atoms with van der Waals surface area (Å²) in [6.07, 6.45) is 0. The maximum atomic E-state index is 2.52. The van der Waals surface area contributed by atoms with E-state index in [1.165, 1.54) is 88.1 Å². The molecule has 0 N–H and O–H groups in total. The van der Waals surface area contributed by atoms with Gasteiger partial charge in [0.05, 0.1) is 27.8 Å². The summed E-state index contributed by atoms with van der Waals surface area (Å²) in [5, 5.41) is 4.96. The third-order valence-electron chi connectivity index (χ3n) is 11.4. The molecule has 2 nitrogen and oxygen atoms in total. The van der Waals surface area contributed by atoms with Gasteiger partial charge in [-0.05, 0) is 69.8 Å². The number of hydrogen-bond donors (Lipinski definition) is 0. The number of fused-ring (bicyclic) bond motifs is 6. The Kier molecular flexibility index (Phi) is 7.53. The molecule has 11 aromatic rings. The van der Waals surface area contributed by atoms with E-state index in [1.807, 2.05) is 0 Å². The van der Waals surface area contributed by atoms with E-state index < -0.39 is 0 Å². The van der Waals surface area contributed by atoms with E-state index >= 15 is 0 Å². The molecule has 2 heteroatoms. The van der Waals surface area contributed by atoms with Gasteiger partial charge in [0.25, 0.3) is 0 Å². The van der Waals surface area contributed by atoms with Gasteiger partial charge in [0.1, 0.15) is 0 Å². The first kappa shape index (κ1) is 32.0. The number of aromatic nitrogens is 2. The summed E-state index contributed by atoms with van der Waals surface area (Å²) in [5.41, 5.74) is 16.6. The van der Waals surface area contributed by atoms with Gasteiger partial charge < -0.3 is 9.13 Å². The highest BCUT2D eigenvalue weighted by Gasteiger charge is 2.23. The smallest absolute Gasteiger partial charge is 0.0619 e. The highest BCUT2D eigenvalue weighted by molar-refractivity contribution is 6.13. The Morgan fingerprint density at radius 3 is 1.12 bits per heavy atom. The predicted molar refractivity (Wildman–Crippen MR) is 237 cm³/mol. The molecular weight excluding hydrogens is 677 g/mol. The summed E-state index contributed by atoms with van der Waals surface area (Å²) in [6, 6.07) is 79.5. The highest BCUT2D eigenvalue weighted by Crippen LogP contribution is 2.46. The molecule has 0 radical (unpaired) electrons. The van der Waals surface area contributed by atoms with E-state index in [2.05, 4.69) is 228 Å². The molecular formula is C54H36N2. The minimum absolute atomic E-state index is 1.15. The standard InChI is InChI=1S/C54H36N2/c1-3-18-37(19-4-1)40-22-7-9-24-42(40)47-29-17-30-48(43-25-10-8-23-41(43)38-20-5-2-6-21-38)54(47)56-52-33-16-13-28-46(52)49-36-39(34-35-53(49)56)55-50-31-14-11-26-44(50)45-27-12-15-32-51(45)55/h1-36H. The number of rotatable bonds is 6. The molecule has 0 fully saturated rings. The summed E-state index contributed by atoms with van der Waals surface area (Å²) in [7, 11) is 0. The van der Waals surface area contributed by atoms with E-state index in [4.69, 9.17) is 0 Å². The van der Waals surface area contributed by atoms with Crippen molar-refractivity contribution in [2.75, 3.05) is 0 Å². The highest BCUT2D eigenvalue weighted by atomic mass is 15.0. The Morgan fingerprint density at radius 1 is 0.232 bits per heavy atom. The molecule has 0 aliphatic carbocycles. The van der Waals surface area contributed by atoms with Gasteiger partial charge in [-0.25, -0.2) is 0 Å². The van der Waals surface area contributed by atoms with Crippen LogP contribution in [0.4, 0.5) is 0 Å². The van der Waals surface area contributed by atoms with Gasteiger partial charge in [0.2, 0.25) is 0 Å². The van der Waals surface area contributed by atoms with Crippen molar-refractivity contribution in [3.63, 3.8) is 0 Å². The molecule has 56 heavy (non-hydrogen) atoms. The maximum Gasteiger partial charge on any atom is 0.0619 e. The second kappa shape index (κ2) is 13.2. The van der Waals surface area contributed by atoms with Crippen LogP contribution in [-0.2, 0) is 0 Å². The van der Waals surface area contributed by atoms with E-state index in [0.717, 1.165) is 11.4 Å². The van der Waals surface area contributed by atoms with Gasteiger partial charge in [-0.15, -0.1) is 0 Å². The molecule has 0 unspecified atom stereocenters. The lowest BCUT2D eigenvalue weighted by molar-refractivity contribution is 1.17. The second-order valence-corrected chi connectivity index (χ2v) is 14.4. The molecule has 11 rings (SSSR count). The van der Waals surface area contributed by atoms with Crippen molar-refractivity contribution in [3.8, 4) is 55.9 Å². The normalized spacial score (nSPS) is 11.6. The Morgan fingerprint density at radius 2 is 0.607 bits per heavy atom. The lowest BCUT2D eigenvalue weighted by atomic mass is 9.88. The largest absolute Gasteiger partial charge is 0.309 e.